The van der Waals surface area contributed by atoms with Crippen LogP contribution in [0, 0.1) is 11.6 Å². The number of halogens is 3. The average molecular weight is 224 g/mol. The molecule has 0 unspecified atom stereocenters. The fraction of sp³-hybridized carbons (Fsp3) is 0.333. The highest BCUT2D eigenvalue weighted by Gasteiger charge is 2.10. The lowest BCUT2D eigenvalue weighted by Gasteiger charge is -2.05. The van der Waals surface area contributed by atoms with Crippen LogP contribution in [-0.4, -0.2) is 13.7 Å². The molecule has 1 rings (SSSR count). The third-order valence-corrected chi connectivity index (χ3v) is 1.70. The standard InChI is InChI=1S/C9H11F2NO.ClH/c1-13-9-7(10)4-6(2-3-12)5-8(9)11;/h4-5H,2-3,12H2,1H3;1H. The van der Waals surface area contributed by atoms with Crippen LogP contribution in [0.1, 0.15) is 5.56 Å². The first kappa shape index (κ1) is 13.1. The molecular weight excluding hydrogens is 212 g/mol. The molecule has 0 atom stereocenters. The van der Waals surface area contributed by atoms with Gasteiger partial charge < -0.3 is 10.5 Å². The van der Waals surface area contributed by atoms with Crippen LogP contribution in [0.5, 0.6) is 5.75 Å². The van der Waals surface area contributed by atoms with Crippen molar-refractivity contribution in [2.24, 2.45) is 5.73 Å². The van der Waals surface area contributed by atoms with Gasteiger partial charge in [-0.15, -0.1) is 12.4 Å². The third-order valence-electron chi connectivity index (χ3n) is 1.70. The summed E-state index contributed by atoms with van der Waals surface area (Å²) in [5.74, 6) is -1.72. The molecule has 14 heavy (non-hydrogen) atoms. The Hall–Kier alpha value is -0.870. The van der Waals surface area contributed by atoms with E-state index in [1.807, 2.05) is 0 Å². The van der Waals surface area contributed by atoms with Crippen molar-refractivity contribution in [1.29, 1.82) is 0 Å². The molecule has 0 spiro atoms. The largest absolute Gasteiger partial charge is 0.491 e. The van der Waals surface area contributed by atoms with Crippen molar-refractivity contribution >= 4 is 12.4 Å². The first-order valence-corrected chi connectivity index (χ1v) is 3.91. The molecule has 0 aliphatic heterocycles. The number of hydrogen-bond donors (Lipinski definition) is 1. The van der Waals surface area contributed by atoms with Crippen LogP contribution in [0.15, 0.2) is 12.1 Å². The van der Waals surface area contributed by atoms with E-state index in [1.54, 1.807) is 0 Å². The monoisotopic (exact) mass is 223 g/mol. The molecule has 0 amide bonds. The number of ether oxygens (including phenoxy) is 1. The van der Waals surface area contributed by atoms with E-state index in [0.29, 0.717) is 18.5 Å². The molecule has 0 fully saturated rings. The maximum absolute atomic E-state index is 13.0. The Bertz CT molecular complexity index is 284. The van der Waals surface area contributed by atoms with Crippen molar-refractivity contribution in [1.82, 2.24) is 0 Å². The summed E-state index contributed by atoms with van der Waals surface area (Å²) >= 11 is 0. The maximum atomic E-state index is 13.0. The first-order chi connectivity index (χ1) is 6.19. The highest BCUT2D eigenvalue weighted by atomic mass is 35.5. The van der Waals surface area contributed by atoms with E-state index < -0.39 is 11.6 Å². The van der Waals surface area contributed by atoms with Crippen LogP contribution in [0.4, 0.5) is 8.78 Å². The number of methoxy groups -OCH3 is 1. The van der Waals surface area contributed by atoms with Gasteiger partial charge in [0.1, 0.15) is 0 Å². The Morgan fingerprint density at radius 2 is 1.79 bits per heavy atom. The van der Waals surface area contributed by atoms with Gasteiger partial charge in [-0.2, -0.15) is 0 Å². The van der Waals surface area contributed by atoms with Crippen LogP contribution >= 0.6 is 12.4 Å². The Labute approximate surface area is 87.5 Å². The van der Waals surface area contributed by atoms with Gasteiger partial charge in [-0.3, -0.25) is 0 Å². The van der Waals surface area contributed by atoms with Gasteiger partial charge in [-0.05, 0) is 30.7 Å². The Morgan fingerprint density at radius 3 is 2.14 bits per heavy atom. The van der Waals surface area contributed by atoms with Gasteiger partial charge >= 0.3 is 0 Å². The Kier molecular flexibility index (Phi) is 5.42. The van der Waals surface area contributed by atoms with Crippen LogP contribution in [0.2, 0.25) is 0 Å². The molecule has 2 N–H and O–H groups in total. The quantitative estimate of drug-likeness (QED) is 0.850. The second-order valence-electron chi connectivity index (χ2n) is 2.63. The Morgan fingerprint density at radius 1 is 1.29 bits per heavy atom. The van der Waals surface area contributed by atoms with Crippen molar-refractivity contribution in [2.75, 3.05) is 13.7 Å². The summed E-state index contributed by atoms with van der Waals surface area (Å²) in [4.78, 5) is 0. The van der Waals surface area contributed by atoms with Gasteiger partial charge in [0, 0.05) is 0 Å². The lowest BCUT2D eigenvalue weighted by Crippen LogP contribution is -2.04. The highest BCUT2D eigenvalue weighted by Crippen LogP contribution is 2.22. The normalized spacial score (nSPS) is 9.43. The molecule has 80 valence electrons. The summed E-state index contributed by atoms with van der Waals surface area (Å²) in [6.45, 7) is 0.366. The number of rotatable bonds is 3. The third kappa shape index (κ3) is 2.82. The zero-order valence-corrected chi connectivity index (χ0v) is 8.54. The summed E-state index contributed by atoms with van der Waals surface area (Å²) < 4.78 is 30.6. The van der Waals surface area contributed by atoms with Crippen molar-refractivity contribution in [3.8, 4) is 5.75 Å². The van der Waals surface area contributed by atoms with Crippen LogP contribution in [0.25, 0.3) is 0 Å². The summed E-state index contributed by atoms with van der Waals surface area (Å²) in [5.41, 5.74) is 5.80. The van der Waals surface area contributed by atoms with Crippen LogP contribution in [-0.2, 0) is 6.42 Å². The summed E-state index contributed by atoms with van der Waals surface area (Å²) in [7, 11) is 1.23. The minimum atomic E-state index is -0.689. The molecule has 0 aliphatic carbocycles. The molecule has 0 aliphatic rings. The SMILES string of the molecule is COc1c(F)cc(CCN)cc1F.Cl. The maximum Gasteiger partial charge on any atom is 0.190 e. The van der Waals surface area contributed by atoms with Gasteiger partial charge in [0.15, 0.2) is 17.4 Å². The van der Waals surface area contributed by atoms with Gasteiger partial charge in [-0.1, -0.05) is 0 Å². The molecule has 0 bridgehead atoms. The van der Waals surface area contributed by atoms with Gasteiger partial charge in [0.05, 0.1) is 7.11 Å². The number of benzene rings is 1. The second-order valence-corrected chi connectivity index (χ2v) is 2.63. The summed E-state index contributed by atoms with van der Waals surface area (Å²) in [6.07, 6.45) is 0.456. The molecule has 0 radical (unpaired) electrons. The minimum absolute atomic E-state index is 0. The molecular formula is C9H12ClF2NO. The van der Waals surface area contributed by atoms with Crippen molar-refractivity contribution < 1.29 is 13.5 Å². The predicted molar refractivity (Wildman–Crippen MR) is 52.9 cm³/mol. The molecule has 1 aromatic carbocycles. The molecule has 0 heterocycles. The topological polar surface area (TPSA) is 35.2 Å². The van der Waals surface area contributed by atoms with E-state index in [-0.39, 0.29) is 18.2 Å². The van der Waals surface area contributed by atoms with Gasteiger partial charge in [0.25, 0.3) is 0 Å². The van der Waals surface area contributed by atoms with E-state index in [9.17, 15) is 8.78 Å². The predicted octanol–water partition coefficient (Wildman–Crippen LogP) is 1.90. The van der Waals surface area contributed by atoms with Gasteiger partial charge in [0.2, 0.25) is 0 Å². The summed E-state index contributed by atoms with van der Waals surface area (Å²) in [6, 6.07) is 2.46. The van der Waals surface area contributed by atoms with E-state index in [2.05, 4.69) is 4.74 Å². The molecule has 5 heteroatoms. The van der Waals surface area contributed by atoms with E-state index >= 15 is 0 Å². The zero-order chi connectivity index (χ0) is 9.84. The lowest BCUT2D eigenvalue weighted by molar-refractivity contribution is 0.359. The fourth-order valence-corrected chi connectivity index (χ4v) is 1.12. The first-order valence-electron chi connectivity index (χ1n) is 3.91. The number of hydrogen-bond acceptors (Lipinski definition) is 2. The molecule has 0 aromatic heterocycles. The van der Waals surface area contributed by atoms with Gasteiger partial charge in [-0.25, -0.2) is 8.78 Å². The second kappa shape index (κ2) is 5.78. The molecule has 1 aromatic rings. The highest BCUT2D eigenvalue weighted by molar-refractivity contribution is 5.85. The Balaban J connectivity index is 0.00000169. The van der Waals surface area contributed by atoms with Crippen LogP contribution < -0.4 is 10.5 Å². The number of nitrogens with two attached hydrogens (primary N) is 1. The zero-order valence-electron chi connectivity index (χ0n) is 7.72. The van der Waals surface area contributed by atoms with E-state index in [1.165, 1.54) is 19.2 Å². The minimum Gasteiger partial charge on any atom is -0.491 e. The molecule has 2 nitrogen and oxygen atoms in total. The van der Waals surface area contributed by atoms with Crippen molar-refractivity contribution in [2.45, 2.75) is 6.42 Å². The van der Waals surface area contributed by atoms with E-state index in [4.69, 9.17) is 5.73 Å². The molecule has 0 saturated carbocycles. The molecule has 0 saturated heterocycles. The van der Waals surface area contributed by atoms with Crippen molar-refractivity contribution in [3.63, 3.8) is 0 Å². The van der Waals surface area contributed by atoms with E-state index in [0.717, 1.165) is 0 Å². The smallest absolute Gasteiger partial charge is 0.190 e. The van der Waals surface area contributed by atoms with Crippen molar-refractivity contribution in [3.05, 3.63) is 29.3 Å². The average Bonchev–Trinajstić information content (AvgIpc) is 2.04. The summed E-state index contributed by atoms with van der Waals surface area (Å²) in [5, 5.41) is 0. The fourth-order valence-electron chi connectivity index (χ4n) is 1.12. The van der Waals surface area contributed by atoms with Crippen LogP contribution in [0.3, 0.4) is 0 Å². The lowest BCUT2D eigenvalue weighted by atomic mass is 10.1.